The molecule has 7 nitrogen and oxygen atoms in total. The molecule has 0 bridgehead atoms. The van der Waals surface area contributed by atoms with Crippen molar-refractivity contribution in [1.29, 1.82) is 0 Å². The van der Waals surface area contributed by atoms with E-state index in [-0.39, 0.29) is 0 Å². The Bertz CT molecular complexity index is 719. The van der Waals surface area contributed by atoms with E-state index in [9.17, 15) is 31.1 Å². The topological polar surface area (TPSA) is 85.8 Å². The van der Waals surface area contributed by atoms with Crippen LogP contribution < -0.4 is 5.32 Å². The maximum absolute atomic E-state index is 12.4. The van der Waals surface area contributed by atoms with Crippen LogP contribution >= 0.6 is 0 Å². The number of rotatable bonds is 4. The van der Waals surface area contributed by atoms with E-state index in [1.807, 2.05) is 0 Å². The molecule has 0 aliphatic rings. The molecule has 0 spiro atoms. The zero-order valence-corrected chi connectivity index (χ0v) is 11.8. The van der Waals surface area contributed by atoms with Gasteiger partial charge in [-0.1, -0.05) is 5.16 Å². The average Bonchev–Trinajstić information content (AvgIpc) is 3.11. The Morgan fingerprint density at radius 3 is 2.46 bits per heavy atom. The van der Waals surface area contributed by atoms with E-state index in [0.717, 1.165) is 10.9 Å². The van der Waals surface area contributed by atoms with Crippen molar-refractivity contribution < 1.29 is 35.7 Å². The molecule has 1 N–H and O–H groups in total. The van der Waals surface area contributed by atoms with E-state index in [1.54, 1.807) is 0 Å². The number of alkyl halides is 6. The third-order valence-electron chi connectivity index (χ3n) is 2.81. The molecule has 0 fully saturated rings. The first-order chi connectivity index (χ1) is 11.0. The van der Waals surface area contributed by atoms with Gasteiger partial charge in [0.15, 0.2) is 11.5 Å². The zero-order valence-electron chi connectivity index (χ0n) is 11.8. The van der Waals surface area contributed by atoms with Gasteiger partial charge in [-0.05, 0) is 13.0 Å². The largest absolute Gasteiger partial charge is 0.471 e. The number of halogens is 6. The summed E-state index contributed by atoms with van der Waals surface area (Å²) in [6.07, 6.45) is -8.51. The minimum absolute atomic E-state index is 0.431. The van der Waals surface area contributed by atoms with Gasteiger partial charge in [0.25, 0.3) is 0 Å². The predicted octanol–water partition coefficient (Wildman–Crippen LogP) is 2.18. The van der Waals surface area contributed by atoms with Crippen LogP contribution in [0, 0.1) is 0 Å². The molecule has 1 atom stereocenters. The highest BCUT2D eigenvalue weighted by molar-refractivity contribution is 5.79. The summed E-state index contributed by atoms with van der Waals surface area (Å²) < 4.78 is 78.8. The highest BCUT2D eigenvalue weighted by Gasteiger charge is 2.38. The van der Waals surface area contributed by atoms with Gasteiger partial charge in [0.2, 0.25) is 5.91 Å². The van der Waals surface area contributed by atoms with Gasteiger partial charge in [0.05, 0.1) is 6.54 Å². The maximum Gasteiger partial charge on any atom is 0.471 e. The zero-order chi connectivity index (χ0) is 18.1. The molecule has 0 radical (unpaired) electrons. The van der Waals surface area contributed by atoms with Crippen molar-refractivity contribution in [3.63, 3.8) is 0 Å². The number of carbonyl (C=O) groups excluding carboxylic acids is 1. The van der Waals surface area contributed by atoms with E-state index in [0.29, 0.717) is 6.07 Å². The number of amides is 1. The Labute approximate surface area is 129 Å². The van der Waals surface area contributed by atoms with Gasteiger partial charge in [-0.3, -0.25) is 9.48 Å². The summed E-state index contributed by atoms with van der Waals surface area (Å²) in [5.41, 5.74) is -1.17. The lowest BCUT2D eigenvalue weighted by molar-refractivity contribution is -0.159. The fourth-order valence-corrected chi connectivity index (χ4v) is 1.58. The summed E-state index contributed by atoms with van der Waals surface area (Å²) >= 11 is 0. The highest BCUT2D eigenvalue weighted by Crippen LogP contribution is 2.28. The third kappa shape index (κ3) is 4.02. The smallest absolute Gasteiger partial charge is 0.347 e. The Balaban J connectivity index is 1.97. The number of carbonyl (C=O) groups is 1. The molecule has 2 aromatic heterocycles. The lowest BCUT2D eigenvalue weighted by atomic mass is 10.3. The first-order valence-corrected chi connectivity index (χ1v) is 6.28. The fourth-order valence-electron chi connectivity index (χ4n) is 1.58. The van der Waals surface area contributed by atoms with Crippen LogP contribution in [-0.2, 0) is 23.7 Å². The summed E-state index contributed by atoms with van der Waals surface area (Å²) in [4.78, 5) is 14.9. The molecular weight excluding hydrogens is 348 g/mol. The lowest BCUT2D eigenvalue weighted by Crippen LogP contribution is -2.31. The van der Waals surface area contributed by atoms with Crippen molar-refractivity contribution in [3.05, 3.63) is 29.7 Å². The molecule has 2 rings (SSSR count). The summed E-state index contributed by atoms with van der Waals surface area (Å²) in [6, 6.07) is -0.437. The van der Waals surface area contributed by atoms with Crippen molar-refractivity contribution in [3.8, 4) is 0 Å². The van der Waals surface area contributed by atoms with Crippen LogP contribution in [0.25, 0.3) is 0 Å². The molecule has 1 amide bonds. The molecule has 0 aromatic carbocycles. The van der Waals surface area contributed by atoms with Crippen LogP contribution in [0.2, 0.25) is 0 Å². The lowest BCUT2D eigenvalue weighted by Gasteiger charge is -2.11. The quantitative estimate of drug-likeness (QED) is 0.848. The van der Waals surface area contributed by atoms with Crippen LogP contribution in [0.15, 0.2) is 16.8 Å². The molecule has 0 saturated heterocycles. The second-order valence-corrected chi connectivity index (χ2v) is 4.59. The molecule has 13 heteroatoms. The Morgan fingerprint density at radius 1 is 1.29 bits per heavy atom. The minimum atomic E-state index is -4.81. The van der Waals surface area contributed by atoms with Crippen molar-refractivity contribution in [2.24, 2.45) is 0 Å². The molecule has 2 aromatic rings. The molecule has 0 aliphatic heterocycles. The maximum atomic E-state index is 12.4. The van der Waals surface area contributed by atoms with E-state index in [4.69, 9.17) is 0 Å². The molecular formula is C11H9F6N5O2. The van der Waals surface area contributed by atoms with Crippen LogP contribution in [0.4, 0.5) is 26.3 Å². The molecule has 0 aliphatic carbocycles. The number of hydrogen-bond acceptors (Lipinski definition) is 5. The summed E-state index contributed by atoms with van der Waals surface area (Å²) in [6.45, 7) is 0.774. The van der Waals surface area contributed by atoms with Crippen LogP contribution in [-0.4, -0.2) is 25.8 Å². The van der Waals surface area contributed by atoms with Crippen molar-refractivity contribution in [1.82, 2.24) is 25.2 Å². The number of hydrogen-bond donors (Lipinski definition) is 1. The molecule has 24 heavy (non-hydrogen) atoms. The summed E-state index contributed by atoms with van der Waals surface area (Å²) in [5.74, 6) is -2.79. The first-order valence-electron chi connectivity index (χ1n) is 6.28. The van der Waals surface area contributed by atoms with Gasteiger partial charge >= 0.3 is 18.2 Å². The van der Waals surface area contributed by atoms with Gasteiger partial charge in [-0.2, -0.15) is 36.4 Å². The molecule has 1 unspecified atom stereocenters. The average molecular weight is 357 g/mol. The minimum Gasteiger partial charge on any atom is -0.347 e. The Hall–Kier alpha value is -2.60. The standard InChI is InChI=1S/C11H9F6N5O2/c1-5(22-3-2-6(20-22)10(12,13)14)8(23)18-4-7-19-9(24-21-7)11(15,16)17/h2-3,5H,4H2,1H3,(H,18,23). The third-order valence-corrected chi connectivity index (χ3v) is 2.81. The summed E-state index contributed by atoms with van der Waals surface area (Å²) in [5, 5.41) is 8.43. The second-order valence-electron chi connectivity index (χ2n) is 4.59. The van der Waals surface area contributed by atoms with Crippen molar-refractivity contribution in [2.45, 2.75) is 31.9 Å². The van der Waals surface area contributed by atoms with E-state index in [2.05, 4.69) is 25.1 Å². The van der Waals surface area contributed by atoms with Crippen LogP contribution in [0.1, 0.15) is 30.4 Å². The van der Waals surface area contributed by atoms with Gasteiger partial charge in [0, 0.05) is 6.20 Å². The molecule has 0 saturated carbocycles. The van der Waals surface area contributed by atoms with Crippen LogP contribution in [0.3, 0.4) is 0 Å². The van der Waals surface area contributed by atoms with E-state index < -0.39 is 48.3 Å². The highest BCUT2D eigenvalue weighted by atomic mass is 19.4. The Kier molecular flexibility index (Phi) is 4.53. The number of nitrogens with one attached hydrogen (secondary N) is 1. The van der Waals surface area contributed by atoms with Crippen LogP contribution in [0.5, 0.6) is 0 Å². The van der Waals surface area contributed by atoms with Gasteiger partial charge in [-0.25, -0.2) is 0 Å². The summed E-state index contributed by atoms with van der Waals surface area (Å²) in [7, 11) is 0. The monoisotopic (exact) mass is 357 g/mol. The Morgan fingerprint density at radius 2 is 1.96 bits per heavy atom. The normalized spacial score (nSPS) is 13.8. The first kappa shape index (κ1) is 17.7. The van der Waals surface area contributed by atoms with E-state index >= 15 is 0 Å². The predicted molar refractivity (Wildman–Crippen MR) is 63.1 cm³/mol. The second kappa shape index (κ2) is 6.13. The molecule has 132 valence electrons. The van der Waals surface area contributed by atoms with Gasteiger partial charge in [0.1, 0.15) is 6.04 Å². The van der Waals surface area contributed by atoms with Crippen molar-refractivity contribution >= 4 is 5.91 Å². The van der Waals surface area contributed by atoms with Crippen molar-refractivity contribution in [2.75, 3.05) is 0 Å². The van der Waals surface area contributed by atoms with E-state index in [1.165, 1.54) is 6.92 Å². The van der Waals surface area contributed by atoms with Gasteiger partial charge in [-0.15, -0.1) is 0 Å². The molecule has 2 heterocycles. The fraction of sp³-hybridized carbons (Fsp3) is 0.455. The van der Waals surface area contributed by atoms with Gasteiger partial charge < -0.3 is 9.84 Å². The number of aromatic nitrogens is 4. The number of nitrogens with zero attached hydrogens (tertiary/aromatic N) is 4. The SMILES string of the molecule is CC(C(=O)NCc1noc(C(F)(F)F)n1)n1ccc(C(F)(F)F)n1.